The molecule has 0 bridgehead atoms. The number of ether oxygens (including phenoxy) is 1. The van der Waals surface area contributed by atoms with Crippen LogP contribution in [-0.2, 0) is 22.5 Å². The average molecular weight is 619 g/mol. The predicted octanol–water partition coefficient (Wildman–Crippen LogP) is 4.58. The van der Waals surface area contributed by atoms with Crippen LogP contribution in [0.3, 0.4) is 0 Å². The minimum absolute atomic E-state index is 0.0428. The molecular formula is C32H32F2N6O5. The summed E-state index contributed by atoms with van der Waals surface area (Å²) in [6.07, 6.45) is 2.08. The summed E-state index contributed by atoms with van der Waals surface area (Å²) >= 11 is 0. The van der Waals surface area contributed by atoms with E-state index in [-0.39, 0.29) is 29.3 Å². The number of amides is 3. The fraction of sp³-hybridized carbons (Fsp3) is 0.312. The molecule has 0 saturated carbocycles. The zero-order chi connectivity index (χ0) is 32.6. The van der Waals surface area contributed by atoms with E-state index < -0.39 is 47.0 Å². The van der Waals surface area contributed by atoms with Gasteiger partial charge in [-0.2, -0.15) is 5.10 Å². The fourth-order valence-electron chi connectivity index (χ4n) is 5.27. The molecule has 1 aliphatic rings. The van der Waals surface area contributed by atoms with Gasteiger partial charge in [0, 0.05) is 19.5 Å². The summed E-state index contributed by atoms with van der Waals surface area (Å²) in [4.78, 5) is 54.8. The van der Waals surface area contributed by atoms with E-state index in [0.717, 1.165) is 33.5 Å². The highest BCUT2D eigenvalue weighted by atomic mass is 19.1. The van der Waals surface area contributed by atoms with Gasteiger partial charge >= 0.3 is 5.97 Å². The van der Waals surface area contributed by atoms with Crippen molar-refractivity contribution in [1.29, 1.82) is 0 Å². The molecule has 5 rings (SSSR count). The number of carbonyl (C=O) groups is 4. The van der Waals surface area contributed by atoms with Crippen molar-refractivity contribution < 1.29 is 32.7 Å². The second kappa shape index (κ2) is 12.1. The minimum atomic E-state index is -0.825. The van der Waals surface area contributed by atoms with Crippen molar-refractivity contribution in [2.75, 3.05) is 5.32 Å². The van der Waals surface area contributed by atoms with Crippen LogP contribution in [0.4, 0.5) is 14.5 Å². The van der Waals surface area contributed by atoms with Crippen LogP contribution in [0, 0.1) is 18.6 Å². The monoisotopic (exact) mass is 618 g/mol. The van der Waals surface area contributed by atoms with E-state index in [1.165, 1.54) is 25.1 Å². The molecule has 2 aromatic carbocycles. The molecule has 0 radical (unpaired) electrons. The highest BCUT2D eigenvalue weighted by molar-refractivity contribution is 5.98. The first-order chi connectivity index (χ1) is 21.2. The smallest absolute Gasteiger partial charge is 0.338 e. The van der Waals surface area contributed by atoms with Crippen LogP contribution in [0.2, 0.25) is 0 Å². The van der Waals surface area contributed by atoms with Gasteiger partial charge in [0.1, 0.15) is 22.8 Å². The highest BCUT2D eigenvalue weighted by Crippen LogP contribution is 2.35. The van der Waals surface area contributed by atoms with Crippen molar-refractivity contribution in [3.8, 4) is 0 Å². The largest absolute Gasteiger partial charge is 0.456 e. The molecule has 45 heavy (non-hydrogen) atoms. The molecule has 1 aliphatic carbocycles. The number of anilines is 1. The standard InChI is InChI=1S/C32H32F2N6O5/c1-16-19-9-11-24(21(19)8-7-20(16)31(44)45-32(3,4)5)39-30(43)27-13-26(38-28-23(34)15-36-40(27)28)29(42)35-14-18-6-10-22(33)25(12-18)37-17(2)41/h6-8,10,12-13,15,24H,9,11,14H2,1-5H3,(H,35,42)(H,37,41)(H,39,43)/t24-/m0/s1. The quantitative estimate of drug-likeness (QED) is 0.257. The SMILES string of the molecule is CC(=O)Nc1cc(CNC(=O)c2cc(C(=O)N[C@H]3CCc4c3ccc(C(=O)OC(C)(C)C)c4C)n3ncc(F)c3n2)ccc1F. The first-order valence-electron chi connectivity index (χ1n) is 14.3. The van der Waals surface area contributed by atoms with Gasteiger partial charge in [0.2, 0.25) is 5.91 Å². The Labute approximate surface area is 257 Å². The van der Waals surface area contributed by atoms with Gasteiger partial charge in [0.05, 0.1) is 23.5 Å². The van der Waals surface area contributed by atoms with Crippen molar-refractivity contribution in [2.45, 2.75) is 65.6 Å². The summed E-state index contributed by atoms with van der Waals surface area (Å²) < 4.78 is 35.2. The first kappa shape index (κ1) is 31.2. The van der Waals surface area contributed by atoms with Crippen LogP contribution in [0.1, 0.15) is 93.7 Å². The number of rotatable bonds is 7. The fourth-order valence-corrected chi connectivity index (χ4v) is 5.27. The third-order valence-electron chi connectivity index (χ3n) is 7.31. The third-order valence-corrected chi connectivity index (χ3v) is 7.31. The lowest BCUT2D eigenvalue weighted by Crippen LogP contribution is -2.31. The summed E-state index contributed by atoms with van der Waals surface area (Å²) in [5.41, 5.74) is 2.16. The zero-order valence-electron chi connectivity index (χ0n) is 25.4. The maximum absolute atomic E-state index is 14.6. The molecule has 3 amide bonds. The Morgan fingerprint density at radius 2 is 1.80 bits per heavy atom. The van der Waals surface area contributed by atoms with Crippen molar-refractivity contribution in [3.05, 3.63) is 93.4 Å². The number of nitrogens with one attached hydrogen (secondary N) is 3. The van der Waals surface area contributed by atoms with Crippen molar-refractivity contribution in [1.82, 2.24) is 25.2 Å². The van der Waals surface area contributed by atoms with Gasteiger partial charge < -0.3 is 20.7 Å². The number of hydrogen-bond acceptors (Lipinski definition) is 7. The Morgan fingerprint density at radius 1 is 1.04 bits per heavy atom. The number of benzene rings is 2. The lowest BCUT2D eigenvalue weighted by atomic mass is 9.97. The molecule has 234 valence electrons. The maximum Gasteiger partial charge on any atom is 0.338 e. The number of carbonyl (C=O) groups excluding carboxylic acids is 4. The van der Waals surface area contributed by atoms with Gasteiger partial charge in [0.15, 0.2) is 11.5 Å². The van der Waals surface area contributed by atoms with Crippen LogP contribution < -0.4 is 16.0 Å². The summed E-state index contributed by atoms with van der Waals surface area (Å²) in [5, 5.41) is 11.9. The number of halogens is 2. The number of nitrogens with zero attached hydrogens (tertiary/aromatic N) is 3. The van der Waals surface area contributed by atoms with Gasteiger partial charge in [-0.15, -0.1) is 0 Å². The summed E-state index contributed by atoms with van der Waals surface area (Å²) in [7, 11) is 0. The number of hydrogen-bond donors (Lipinski definition) is 3. The normalized spacial score (nSPS) is 14.2. The number of esters is 1. The van der Waals surface area contributed by atoms with Gasteiger partial charge in [0.25, 0.3) is 11.8 Å². The van der Waals surface area contributed by atoms with E-state index in [1.54, 1.807) is 32.9 Å². The van der Waals surface area contributed by atoms with E-state index in [4.69, 9.17) is 4.74 Å². The van der Waals surface area contributed by atoms with Crippen molar-refractivity contribution in [2.24, 2.45) is 0 Å². The molecule has 2 heterocycles. The van der Waals surface area contributed by atoms with Gasteiger partial charge in [-0.1, -0.05) is 12.1 Å². The lowest BCUT2D eigenvalue weighted by molar-refractivity contribution is -0.114. The molecule has 2 aromatic heterocycles. The van der Waals surface area contributed by atoms with Gasteiger partial charge in [-0.25, -0.2) is 23.1 Å². The van der Waals surface area contributed by atoms with Crippen LogP contribution in [0.15, 0.2) is 42.6 Å². The third kappa shape index (κ3) is 6.66. The second-order valence-corrected chi connectivity index (χ2v) is 11.8. The Balaban J connectivity index is 1.36. The molecular weight excluding hydrogens is 586 g/mol. The predicted molar refractivity (Wildman–Crippen MR) is 160 cm³/mol. The van der Waals surface area contributed by atoms with Crippen LogP contribution in [0.5, 0.6) is 0 Å². The van der Waals surface area contributed by atoms with Crippen LogP contribution in [-0.4, -0.2) is 43.9 Å². The first-order valence-corrected chi connectivity index (χ1v) is 14.3. The van der Waals surface area contributed by atoms with E-state index in [2.05, 4.69) is 26.0 Å². The Hall–Kier alpha value is -5.20. The molecule has 0 aliphatic heterocycles. The zero-order valence-corrected chi connectivity index (χ0v) is 25.4. The maximum atomic E-state index is 14.6. The molecule has 4 aromatic rings. The van der Waals surface area contributed by atoms with Crippen molar-refractivity contribution >= 4 is 35.0 Å². The Bertz CT molecular complexity index is 1860. The molecule has 3 N–H and O–H groups in total. The summed E-state index contributed by atoms with van der Waals surface area (Å²) in [6, 6.07) is 8.25. The molecule has 13 heteroatoms. The van der Waals surface area contributed by atoms with Gasteiger partial charge in [-0.05, 0) is 81.0 Å². The van der Waals surface area contributed by atoms with Crippen molar-refractivity contribution in [3.63, 3.8) is 0 Å². The molecule has 1 atom stereocenters. The average Bonchev–Trinajstić information content (AvgIpc) is 3.55. The minimum Gasteiger partial charge on any atom is -0.456 e. The Kier molecular flexibility index (Phi) is 8.37. The second-order valence-electron chi connectivity index (χ2n) is 11.8. The lowest BCUT2D eigenvalue weighted by Gasteiger charge is -2.21. The Morgan fingerprint density at radius 3 is 2.51 bits per heavy atom. The molecule has 0 spiro atoms. The van der Waals surface area contributed by atoms with Crippen LogP contribution in [0.25, 0.3) is 5.65 Å². The van der Waals surface area contributed by atoms with E-state index in [0.29, 0.717) is 24.0 Å². The molecule has 0 fully saturated rings. The van der Waals surface area contributed by atoms with Crippen LogP contribution >= 0.6 is 0 Å². The number of fused-ring (bicyclic) bond motifs is 2. The molecule has 0 saturated heterocycles. The molecule has 11 nitrogen and oxygen atoms in total. The topological polar surface area (TPSA) is 144 Å². The van der Waals surface area contributed by atoms with E-state index >= 15 is 0 Å². The van der Waals surface area contributed by atoms with E-state index in [1.807, 2.05) is 6.92 Å². The number of aromatic nitrogens is 3. The summed E-state index contributed by atoms with van der Waals surface area (Å²) in [6.45, 7) is 8.42. The van der Waals surface area contributed by atoms with Gasteiger partial charge in [-0.3, -0.25) is 14.4 Å². The summed E-state index contributed by atoms with van der Waals surface area (Å²) in [5.74, 6) is -3.66. The van der Waals surface area contributed by atoms with E-state index in [9.17, 15) is 28.0 Å². The highest BCUT2D eigenvalue weighted by Gasteiger charge is 2.30. The molecule has 0 unspecified atom stereocenters.